The summed E-state index contributed by atoms with van der Waals surface area (Å²) in [5.74, 6) is -1.17. The highest BCUT2D eigenvalue weighted by atomic mass is 16.5. The Hall–Kier alpha value is -3.35. The van der Waals surface area contributed by atoms with Gasteiger partial charge in [0, 0.05) is 6.42 Å². The monoisotopic (exact) mass is 355 g/mol. The highest BCUT2D eigenvalue weighted by Gasteiger charge is 2.19. The molecule has 3 amide bonds. The van der Waals surface area contributed by atoms with Crippen LogP contribution in [0.15, 0.2) is 60.7 Å². The molecule has 136 valence electrons. The first-order valence-corrected chi connectivity index (χ1v) is 8.12. The van der Waals surface area contributed by atoms with Crippen LogP contribution in [0.5, 0.6) is 0 Å². The van der Waals surface area contributed by atoms with Gasteiger partial charge in [0.05, 0.1) is 0 Å². The van der Waals surface area contributed by atoms with Crippen molar-refractivity contribution in [3.63, 3.8) is 0 Å². The molecule has 2 aromatic rings. The number of nitrogens with two attached hydrogens (primary N) is 1. The Morgan fingerprint density at radius 2 is 1.50 bits per heavy atom. The van der Waals surface area contributed by atoms with E-state index in [0.29, 0.717) is 0 Å². The summed E-state index contributed by atoms with van der Waals surface area (Å²) in [6, 6.07) is 17.5. The summed E-state index contributed by atoms with van der Waals surface area (Å²) >= 11 is 0. The molecule has 0 saturated carbocycles. The first-order valence-electron chi connectivity index (χ1n) is 8.12. The molecular formula is C19H21N3O4. The predicted molar refractivity (Wildman–Crippen MR) is 95.9 cm³/mol. The van der Waals surface area contributed by atoms with Crippen LogP contribution in [0.2, 0.25) is 0 Å². The van der Waals surface area contributed by atoms with Crippen molar-refractivity contribution in [1.82, 2.24) is 10.6 Å². The summed E-state index contributed by atoms with van der Waals surface area (Å²) in [6.45, 7) is -0.210. The van der Waals surface area contributed by atoms with Gasteiger partial charge in [-0.1, -0.05) is 60.7 Å². The summed E-state index contributed by atoms with van der Waals surface area (Å²) in [7, 11) is 0. The van der Waals surface area contributed by atoms with Crippen LogP contribution in [0.1, 0.15) is 11.1 Å². The van der Waals surface area contributed by atoms with E-state index in [-0.39, 0.29) is 19.6 Å². The van der Waals surface area contributed by atoms with E-state index in [0.717, 1.165) is 11.1 Å². The molecule has 0 bridgehead atoms. The van der Waals surface area contributed by atoms with E-state index in [1.165, 1.54) is 0 Å². The lowest BCUT2D eigenvalue weighted by atomic mass is 10.1. The van der Waals surface area contributed by atoms with Crippen LogP contribution in [-0.2, 0) is 27.4 Å². The molecule has 0 heterocycles. The van der Waals surface area contributed by atoms with Crippen molar-refractivity contribution in [2.45, 2.75) is 19.1 Å². The maximum Gasteiger partial charge on any atom is 0.407 e. The molecule has 1 atom stereocenters. The predicted octanol–water partition coefficient (Wildman–Crippen LogP) is 1.13. The zero-order chi connectivity index (χ0) is 18.8. The van der Waals surface area contributed by atoms with Gasteiger partial charge in [0.2, 0.25) is 11.8 Å². The van der Waals surface area contributed by atoms with E-state index in [1.54, 1.807) is 0 Å². The van der Waals surface area contributed by atoms with Crippen molar-refractivity contribution in [3.05, 3.63) is 71.8 Å². The highest BCUT2D eigenvalue weighted by Crippen LogP contribution is 2.03. The molecular weight excluding hydrogens is 334 g/mol. The minimum Gasteiger partial charge on any atom is -0.445 e. The molecule has 0 saturated heterocycles. The zero-order valence-corrected chi connectivity index (χ0v) is 14.2. The number of hydrogen-bond acceptors (Lipinski definition) is 4. The average molecular weight is 355 g/mol. The first-order chi connectivity index (χ1) is 12.5. The summed E-state index contributed by atoms with van der Waals surface area (Å²) < 4.78 is 5.00. The topological polar surface area (TPSA) is 111 Å². The fourth-order valence-electron chi connectivity index (χ4n) is 2.24. The Bertz CT molecular complexity index is 735. The van der Waals surface area contributed by atoms with Crippen molar-refractivity contribution in [3.8, 4) is 0 Å². The third-order valence-electron chi connectivity index (χ3n) is 3.57. The molecule has 0 aliphatic rings. The Morgan fingerprint density at radius 1 is 0.923 bits per heavy atom. The van der Waals surface area contributed by atoms with Gasteiger partial charge in [-0.05, 0) is 11.1 Å². The summed E-state index contributed by atoms with van der Waals surface area (Å²) in [6.07, 6.45) is -0.442. The summed E-state index contributed by atoms with van der Waals surface area (Å²) in [5.41, 5.74) is 7.04. The standard InChI is InChI=1S/C19H21N3O4/c20-18(24)16(11-14-7-3-1-4-8-14)22-17(23)12-21-19(25)26-13-15-9-5-2-6-10-15/h1-10,16H,11-13H2,(H2,20,24)(H,21,25)(H,22,23)/t16-/m0/s1. The second-order valence-electron chi connectivity index (χ2n) is 5.63. The van der Waals surface area contributed by atoms with Gasteiger partial charge in [0.15, 0.2) is 0 Å². The number of rotatable bonds is 8. The molecule has 0 unspecified atom stereocenters. The molecule has 0 aliphatic heterocycles. The summed E-state index contributed by atoms with van der Waals surface area (Å²) in [5, 5.41) is 4.85. The summed E-state index contributed by atoms with van der Waals surface area (Å²) in [4.78, 5) is 35.1. The van der Waals surface area contributed by atoms with Crippen LogP contribution in [0.25, 0.3) is 0 Å². The Balaban J connectivity index is 1.75. The largest absolute Gasteiger partial charge is 0.445 e. The number of benzene rings is 2. The quantitative estimate of drug-likeness (QED) is 0.659. The van der Waals surface area contributed by atoms with Crippen molar-refractivity contribution in [1.29, 1.82) is 0 Å². The highest BCUT2D eigenvalue weighted by molar-refractivity contribution is 5.88. The molecule has 0 radical (unpaired) electrons. The second-order valence-corrected chi connectivity index (χ2v) is 5.63. The number of alkyl carbamates (subject to hydrolysis) is 1. The number of carbonyl (C=O) groups is 3. The van der Waals surface area contributed by atoms with E-state index >= 15 is 0 Å². The Kier molecular flexibility index (Phi) is 7.17. The maximum atomic E-state index is 11.9. The minimum atomic E-state index is -0.855. The average Bonchev–Trinajstić information content (AvgIpc) is 2.66. The van der Waals surface area contributed by atoms with E-state index in [2.05, 4.69) is 10.6 Å². The van der Waals surface area contributed by atoms with Gasteiger partial charge in [-0.25, -0.2) is 4.79 Å². The number of ether oxygens (including phenoxy) is 1. The number of amides is 3. The molecule has 2 rings (SSSR count). The van der Waals surface area contributed by atoms with Crippen LogP contribution >= 0.6 is 0 Å². The van der Waals surface area contributed by atoms with Crippen molar-refractivity contribution in [2.24, 2.45) is 5.73 Å². The molecule has 2 aromatic carbocycles. The molecule has 0 spiro atoms. The maximum absolute atomic E-state index is 11.9. The molecule has 0 aliphatic carbocycles. The van der Waals surface area contributed by atoms with Crippen LogP contribution in [-0.4, -0.2) is 30.5 Å². The van der Waals surface area contributed by atoms with Gasteiger partial charge in [-0.3, -0.25) is 9.59 Å². The van der Waals surface area contributed by atoms with Crippen LogP contribution in [0.3, 0.4) is 0 Å². The number of primary amides is 1. The van der Waals surface area contributed by atoms with E-state index in [9.17, 15) is 14.4 Å². The molecule has 7 heteroatoms. The third kappa shape index (κ3) is 6.64. The van der Waals surface area contributed by atoms with E-state index < -0.39 is 23.9 Å². The second kappa shape index (κ2) is 9.83. The Morgan fingerprint density at radius 3 is 2.08 bits per heavy atom. The minimum absolute atomic E-state index is 0.103. The van der Waals surface area contributed by atoms with Gasteiger partial charge in [0.1, 0.15) is 19.2 Å². The zero-order valence-electron chi connectivity index (χ0n) is 14.2. The normalized spacial score (nSPS) is 11.2. The van der Waals surface area contributed by atoms with Crippen LogP contribution in [0, 0.1) is 0 Å². The number of carbonyl (C=O) groups excluding carboxylic acids is 3. The first kappa shape index (κ1) is 19.0. The molecule has 4 N–H and O–H groups in total. The van der Waals surface area contributed by atoms with Gasteiger partial charge in [0.25, 0.3) is 0 Å². The SMILES string of the molecule is NC(=O)[C@H](Cc1ccccc1)NC(=O)CNC(=O)OCc1ccccc1. The van der Waals surface area contributed by atoms with E-state index in [4.69, 9.17) is 10.5 Å². The van der Waals surface area contributed by atoms with Gasteiger partial charge in [-0.2, -0.15) is 0 Å². The van der Waals surface area contributed by atoms with E-state index in [1.807, 2.05) is 60.7 Å². The third-order valence-corrected chi connectivity index (χ3v) is 3.57. The van der Waals surface area contributed by atoms with Crippen molar-refractivity contribution >= 4 is 17.9 Å². The number of hydrogen-bond donors (Lipinski definition) is 3. The lowest BCUT2D eigenvalue weighted by molar-refractivity contribution is -0.126. The number of nitrogens with one attached hydrogen (secondary N) is 2. The fourth-order valence-corrected chi connectivity index (χ4v) is 2.24. The van der Waals surface area contributed by atoms with Gasteiger partial charge >= 0.3 is 6.09 Å². The fraction of sp³-hybridized carbons (Fsp3) is 0.211. The Labute approximate surface area is 151 Å². The van der Waals surface area contributed by atoms with Crippen molar-refractivity contribution < 1.29 is 19.1 Å². The lowest BCUT2D eigenvalue weighted by Gasteiger charge is -2.16. The smallest absolute Gasteiger partial charge is 0.407 e. The van der Waals surface area contributed by atoms with Gasteiger partial charge < -0.3 is 21.1 Å². The van der Waals surface area contributed by atoms with Crippen LogP contribution < -0.4 is 16.4 Å². The molecule has 0 aromatic heterocycles. The lowest BCUT2D eigenvalue weighted by Crippen LogP contribution is -2.49. The molecule has 7 nitrogen and oxygen atoms in total. The van der Waals surface area contributed by atoms with Crippen LogP contribution in [0.4, 0.5) is 4.79 Å². The van der Waals surface area contributed by atoms with Crippen molar-refractivity contribution in [2.75, 3.05) is 6.54 Å². The van der Waals surface area contributed by atoms with Gasteiger partial charge in [-0.15, -0.1) is 0 Å². The molecule has 0 fully saturated rings. The molecule has 26 heavy (non-hydrogen) atoms.